The zero-order chi connectivity index (χ0) is 25.3. The summed E-state index contributed by atoms with van der Waals surface area (Å²) >= 11 is 5.91. The van der Waals surface area contributed by atoms with Crippen LogP contribution in [0.2, 0.25) is 5.02 Å². The third-order valence-electron chi connectivity index (χ3n) is 6.04. The van der Waals surface area contributed by atoms with Crippen molar-refractivity contribution in [2.75, 3.05) is 5.32 Å². The topological polar surface area (TPSA) is 116 Å². The van der Waals surface area contributed by atoms with Crippen LogP contribution in [0.15, 0.2) is 53.5 Å². The predicted molar refractivity (Wildman–Crippen MR) is 130 cm³/mol. The minimum Gasteiger partial charge on any atom is -0.478 e. The number of hydrogen-bond donors (Lipinski definition) is 3. The van der Waals surface area contributed by atoms with Gasteiger partial charge in [-0.3, -0.25) is 14.4 Å². The van der Waals surface area contributed by atoms with Crippen LogP contribution in [0.3, 0.4) is 0 Å². The Kier molecular flexibility index (Phi) is 6.84. The van der Waals surface area contributed by atoms with E-state index in [0.717, 1.165) is 12.8 Å². The van der Waals surface area contributed by atoms with E-state index >= 15 is 0 Å². The van der Waals surface area contributed by atoms with Crippen molar-refractivity contribution in [1.29, 1.82) is 0 Å². The van der Waals surface area contributed by atoms with Crippen LogP contribution in [0.25, 0.3) is 11.3 Å². The molecule has 0 spiro atoms. The Labute approximate surface area is 205 Å². The summed E-state index contributed by atoms with van der Waals surface area (Å²) in [5, 5.41) is 11.6. The minimum atomic E-state index is -1.08. The second kappa shape index (κ2) is 9.84. The molecule has 0 saturated heterocycles. The number of carboxylic acids is 1. The van der Waals surface area contributed by atoms with Gasteiger partial charge in [0.15, 0.2) is 17.0 Å². The van der Waals surface area contributed by atoms with Gasteiger partial charge in [0.2, 0.25) is 5.91 Å². The Hall–Kier alpha value is -3.78. The number of hydrogen-bond acceptors (Lipinski definition) is 4. The summed E-state index contributed by atoms with van der Waals surface area (Å²) in [5.41, 5.74) is 0.284. The van der Waals surface area contributed by atoms with E-state index in [4.69, 9.17) is 16.7 Å². The number of halogens is 2. The van der Waals surface area contributed by atoms with Gasteiger partial charge in [-0.25, -0.2) is 9.18 Å². The Balaban J connectivity index is 1.67. The van der Waals surface area contributed by atoms with Crippen LogP contribution in [-0.2, 0) is 4.79 Å². The molecular formula is C26H22ClFN2O5. The average Bonchev–Trinajstić information content (AvgIpc) is 3.64. The molecule has 3 N–H and O–H groups in total. The van der Waals surface area contributed by atoms with E-state index < -0.39 is 29.0 Å². The number of Topliss-reactive ketones (excluding diaryl/α,β-unsaturated/α-hetero) is 1. The first-order chi connectivity index (χ1) is 16.7. The van der Waals surface area contributed by atoms with Gasteiger partial charge in [-0.15, -0.1) is 0 Å². The quantitative estimate of drug-likeness (QED) is 0.368. The van der Waals surface area contributed by atoms with Crippen molar-refractivity contribution < 1.29 is 23.9 Å². The van der Waals surface area contributed by atoms with E-state index in [1.165, 1.54) is 55.6 Å². The van der Waals surface area contributed by atoms with Crippen LogP contribution in [0.5, 0.6) is 0 Å². The first-order valence-corrected chi connectivity index (χ1v) is 11.4. The molecule has 7 nitrogen and oxygen atoms in total. The Bertz CT molecular complexity index is 1380. The summed E-state index contributed by atoms with van der Waals surface area (Å²) in [4.78, 5) is 52.2. The summed E-state index contributed by atoms with van der Waals surface area (Å²) < 4.78 is 14.8. The summed E-state index contributed by atoms with van der Waals surface area (Å²) in [6.07, 6.45) is 3.76. The Morgan fingerprint density at radius 2 is 1.86 bits per heavy atom. The number of aromatic nitrogens is 1. The maximum absolute atomic E-state index is 14.8. The summed E-state index contributed by atoms with van der Waals surface area (Å²) in [6.45, 7) is 1.29. The van der Waals surface area contributed by atoms with Crippen LogP contribution >= 0.6 is 11.6 Å². The van der Waals surface area contributed by atoms with Gasteiger partial charge in [0.25, 0.3) is 0 Å². The monoisotopic (exact) mass is 496 g/mol. The van der Waals surface area contributed by atoms with E-state index in [2.05, 4.69) is 10.3 Å². The van der Waals surface area contributed by atoms with E-state index in [1.807, 2.05) is 0 Å². The van der Waals surface area contributed by atoms with Crippen molar-refractivity contribution in [2.45, 2.75) is 32.1 Å². The number of H-pyrrole nitrogens is 1. The standard InChI is InChI=1S/C26H22ClFN2O5/c1-13(31)17-8-9-20(27)24(28)23(17)21-11-22(32)19(12-29-21)18(10-14-2-3-14)25(33)30-16-6-4-15(5-7-16)26(34)35/h4-9,11-12,14,18H,2-3,10H2,1H3,(H,29,32)(H,30,33)(H,34,35). The molecule has 0 radical (unpaired) electrons. The number of nitrogens with one attached hydrogen (secondary N) is 2. The normalized spacial score (nSPS) is 13.8. The second-order valence-electron chi connectivity index (χ2n) is 8.61. The van der Waals surface area contributed by atoms with Gasteiger partial charge < -0.3 is 15.4 Å². The average molecular weight is 497 g/mol. The van der Waals surface area contributed by atoms with Crippen molar-refractivity contribution in [3.63, 3.8) is 0 Å². The van der Waals surface area contributed by atoms with Crippen LogP contribution < -0.4 is 10.7 Å². The van der Waals surface area contributed by atoms with E-state index in [0.29, 0.717) is 18.0 Å². The molecule has 1 atom stereocenters. The largest absolute Gasteiger partial charge is 0.478 e. The molecular weight excluding hydrogens is 475 g/mol. The number of benzene rings is 2. The van der Waals surface area contributed by atoms with Crippen LogP contribution in [0.1, 0.15) is 58.4 Å². The first-order valence-electron chi connectivity index (χ1n) is 11.0. The number of ketones is 1. The fourth-order valence-corrected chi connectivity index (χ4v) is 4.15. The molecule has 1 heterocycles. The molecule has 1 amide bonds. The number of aromatic carboxylic acids is 1. The van der Waals surface area contributed by atoms with E-state index in [1.54, 1.807) is 0 Å². The van der Waals surface area contributed by atoms with E-state index in [9.17, 15) is 23.6 Å². The van der Waals surface area contributed by atoms with Crippen LogP contribution in [0, 0.1) is 11.7 Å². The molecule has 1 fully saturated rings. The molecule has 2 aromatic carbocycles. The number of aromatic amines is 1. The van der Waals surface area contributed by atoms with Gasteiger partial charge in [0, 0.05) is 34.6 Å². The van der Waals surface area contributed by atoms with Gasteiger partial charge >= 0.3 is 5.97 Å². The third kappa shape index (κ3) is 5.33. The van der Waals surface area contributed by atoms with Crippen molar-refractivity contribution >= 4 is 34.9 Å². The van der Waals surface area contributed by atoms with Gasteiger partial charge in [-0.1, -0.05) is 24.4 Å². The molecule has 9 heteroatoms. The SMILES string of the molecule is CC(=O)c1ccc(Cl)c(F)c1-c1cc(=O)c(C(CC2CC2)C(=O)Nc2ccc(C(=O)O)cc2)c[nH]1. The maximum atomic E-state index is 14.8. The summed E-state index contributed by atoms with van der Waals surface area (Å²) in [7, 11) is 0. The molecule has 0 aliphatic heterocycles. The molecule has 1 saturated carbocycles. The van der Waals surface area contributed by atoms with Crippen molar-refractivity contribution in [1.82, 2.24) is 4.98 Å². The van der Waals surface area contributed by atoms with Crippen molar-refractivity contribution in [2.24, 2.45) is 5.92 Å². The molecule has 180 valence electrons. The molecule has 3 aromatic rings. The lowest BCUT2D eigenvalue weighted by atomic mass is 9.92. The van der Waals surface area contributed by atoms with E-state index in [-0.39, 0.29) is 38.8 Å². The zero-order valence-corrected chi connectivity index (χ0v) is 19.5. The highest BCUT2D eigenvalue weighted by Gasteiger charge is 2.32. The zero-order valence-electron chi connectivity index (χ0n) is 18.7. The van der Waals surface area contributed by atoms with Gasteiger partial charge in [0.05, 0.1) is 22.2 Å². The Morgan fingerprint density at radius 3 is 2.43 bits per heavy atom. The molecule has 1 unspecified atom stereocenters. The maximum Gasteiger partial charge on any atom is 0.335 e. The summed E-state index contributed by atoms with van der Waals surface area (Å²) in [6, 6.07) is 9.56. The fraction of sp³-hybridized carbons (Fsp3) is 0.231. The molecule has 1 aromatic heterocycles. The van der Waals surface area contributed by atoms with Gasteiger partial charge in [-0.2, -0.15) is 0 Å². The number of pyridine rings is 1. The lowest BCUT2D eigenvalue weighted by Crippen LogP contribution is -2.26. The molecule has 4 rings (SSSR count). The predicted octanol–water partition coefficient (Wildman–Crippen LogP) is 5.26. The number of anilines is 1. The number of amides is 1. The first kappa shape index (κ1) is 24.3. The van der Waals surface area contributed by atoms with Gasteiger partial charge in [0.1, 0.15) is 0 Å². The van der Waals surface area contributed by atoms with Crippen LogP contribution in [-0.4, -0.2) is 27.8 Å². The number of carbonyl (C=O) groups is 3. The highest BCUT2D eigenvalue weighted by Crippen LogP contribution is 2.39. The second-order valence-corrected chi connectivity index (χ2v) is 9.02. The summed E-state index contributed by atoms with van der Waals surface area (Å²) in [5.74, 6) is -3.15. The van der Waals surface area contributed by atoms with Gasteiger partial charge in [-0.05, 0) is 55.7 Å². The highest BCUT2D eigenvalue weighted by atomic mass is 35.5. The van der Waals surface area contributed by atoms with Crippen molar-refractivity contribution in [3.05, 3.63) is 86.4 Å². The van der Waals surface area contributed by atoms with Crippen LogP contribution in [0.4, 0.5) is 10.1 Å². The lowest BCUT2D eigenvalue weighted by molar-refractivity contribution is -0.117. The third-order valence-corrected chi connectivity index (χ3v) is 6.34. The minimum absolute atomic E-state index is 0.0763. The highest BCUT2D eigenvalue weighted by molar-refractivity contribution is 6.31. The number of carboxylic acid groups (broad SMARTS) is 1. The lowest BCUT2D eigenvalue weighted by Gasteiger charge is -2.17. The smallest absolute Gasteiger partial charge is 0.335 e. The molecule has 0 bridgehead atoms. The number of rotatable bonds is 8. The molecule has 1 aliphatic carbocycles. The molecule has 35 heavy (non-hydrogen) atoms. The Morgan fingerprint density at radius 1 is 1.17 bits per heavy atom. The number of carbonyl (C=O) groups excluding carboxylic acids is 2. The molecule has 1 aliphatic rings. The fourth-order valence-electron chi connectivity index (χ4n) is 3.99. The van der Waals surface area contributed by atoms with Crippen molar-refractivity contribution in [3.8, 4) is 11.3 Å².